The summed E-state index contributed by atoms with van der Waals surface area (Å²) in [6.45, 7) is 0. The van der Waals surface area contributed by atoms with Crippen LogP contribution >= 0.6 is 0 Å². The van der Waals surface area contributed by atoms with E-state index in [1.807, 2.05) is 60.7 Å². The minimum atomic E-state index is -0.332. The average Bonchev–Trinajstić information content (AvgIpc) is 2.98. The predicted molar refractivity (Wildman–Crippen MR) is 128 cm³/mol. The van der Waals surface area contributed by atoms with Gasteiger partial charge in [-0.25, -0.2) is 0 Å². The van der Waals surface area contributed by atoms with Crippen molar-refractivity contribution in [3.8, 4) is 0 Å². The Balaban J connectivity index is 1.38. The van der Waals surface area contributed by atoms with Crippen LogP contribution in [0.2, 0.25) is 0 Å². The maximum atomic E-state index is 13.3. The highest BCUT2D eigenvalue weighted by Gasteiger charge is 2.58. The molecule has 0 spiro atoms. The quantitative estimate of drug-likeness (QED) is 0.592. The van der Waals surface area contributed by atoms with Crippen molar-refractivity contribution in [3.05, 3.63) is 107 Å². The van der Waals surface area contributed by atoms with Crippen molar-refractivity contribution in [1.82, 2.24) is 10.6 Å². The van der Waals surface area contributed by atoms with E-state index in [2.05, 4.69) is 34.9 Å². The number of amides is 2. The highest BCUT2D eigenvalue weighted by atomic mass is 16.2. The van der Waals surface area contributed by atoms with Crippen molar-refractivity contribution >= 4 is 11.8 Å². The highest BCUT2D eigenvalue weighted by molar-refractivity contribution is 5.95. The minimum Gasteiger partial charge on any atom is -0.346 e. The van der Waals surface area contributed by atoms with Gasteiger partial charge in [-0.3, -0.25) is 9.59 Å². The smallest absolute Gasteiger partial charge is 0.251 e. The van der Waals surface area contributed by atoms with Gasteiger partial charge in [0.05, 0.1) is 0 Å². The molecule has 2 fully saturated rings. The van der Waals surface area contributed by atoms with E-state index in [1.165, 1.54) is 11.1 Å². The van der Waals surface area contributed by atoms with Gasteiger partial charge in [-0.2, -0.15) is 0 Å². The predicted octanol–water partition coefficient (Wildman–Crippen LogP) is 5.18. The van der Waals surface area contributed by atoms with E-state index in [1.54, 1.807) is 0 Å². The molecule has 4 aliphatic rings. The first-order valence-corrected chi connectivity index (χ1v) is 11.9. The standard InChI is InChI=1S/C29H28N2O2/c32-26(20-9-3-1-4-10-20)30-28-15-22-17-29(19-28,31-27(33)21-11-5-2-6-12-21)18-23(16-28)25-14-8-7-13-24(22)25/h1-14,22-23H,15-19H2,(H,30,32)(H,31,33). The van der Waals surface area contributed by atoms with Crippen LogP contribution in [0.4, 0.5) is 0 Å². The molecule has 7 rings (SSSR count). The van der Waals surface area contributed by atoms with Crippen LogP contribution in [0.5, 0.6) is 0 Å². The molecule has 0 aliphatic heterocycles. The first kappa shape index (κ1) is 20.2. The third-order valence-electron chi connectivity index (χ3n) is 7.93. The fourth-order valence-electron chi connectivity index (χ4n) is 6.93. The minimum absolute atomic E-state index is 0.0221. The number of carbonyl (C=O) groups is 2. The summed E-state index contributed by atoms with van der Waals surface area (Å²) < 4.78 is 0. The van der Waals surface area contributed by atoms with Gasteiger partial charge in [0.1, 0.15) is 0 Å². The molecule has 3 aromatic carbocycles. The first-order valence-electron chi connectivity index (χ1n) is 11.9. The highest BCUT2D eigenvalue weighted by Crippen LogP contribution is 2.59. The zero-order valence-corrected chi connectivity index (χ0v) is 18.6. The lowest BCUT2D eigenvalue weighted by Gasteiger charge is -2.55. The second kappa shape index (κ2) is 7.58. The Morgan fingerprint density at radius 1 is 0.576 bits per heavy atom. The van der Waals surface area contributed by atoms with Gasteiger partial charge < -0.3 is 10.6 Å². The van der Waals surface area contributed by atoms with Crippen LogP contribution in [0.15, 0.2) is 84.9 Å². The first-order chi connectivity index (χ1) is 16.0. The molecule has 0 heterocycles. The second-order valence-electron chi connectivity index (χ2n) is 10.2. The largest absolute Gasteiger partial charge is 0.346 e. The zero-order valence-electron chi connectivity index (χ0n) is 18.6. The summed E-state index contributed by atoms with van der Waals surface area (Å²) in [7, 11) is 0. The molecule has 0 aromatic heterocycles. The van der Waals surface area contributed by atoms with Crippen molar-refractivity contribution in [3.63, 3.8) is 0 Å². The Labute approximate surface area is 194 Å². The Bertz CT molecular complexity index is 1100. The van der Waals surface area contributed by atoms with Crippen LogP contribution in [0.3, 0.4) is 0 Å². The van der Waals surface area contributed by atoms with Crippen molar-refractivity contribution < 1.29 is 9.59 Å². The summed E-state index contributed by atoms with van der Waals surface area (Å²) in [5, 5.41) is 6.93. The van der Waals surface area contributed by atoms with Gasteiger partial charge in [0.15, 0.2) is 0 Å². The van der Waals surface area contributed by atoms with E-state index in [0.29, 0.717) is 23.0 Å². The normalized spacial score (nSPS) is 29.1. The molecule has 0 unspecified atom stereocenters. The number of hydrogen-bond donors (Lipinski definition) is 2. The molecule has 2 saturated carbocycles. The third kappa shape index (κ3) is 3.54. The number of rotatable bonds is 4. The van der Waals surface area contributed by atoms with Crippen LogP contribution in [-0.4, -0.2) is 22.9 Å². The maximum Gasteiger partial charge on any atom is 0.251 e. The summed E-state index contributed by atoms with van der Waals surface area (Å²) in [6, 6.07) is 27.7. The van der Waals surface area contributed by atoms with Crippen molar-refractivity contribution in [2.75, 3.05) is 0 Å². The lowest BCUT2D eigenvalue weighted by Crippen LogP contribution is -2.65. The van der Waals surface area contributed by atoms with Crippen LogP contribution in [0, 0.1) is 0 Å². The van der Waals surface area contributed by atoms with E-state index in [9.17, 15) is 9.59 Å². The molecular weight excluding hydrogens is 408 g/mol. The summed E-state index contributed by atoms with van der Waals surface area (Å²) in [5.41, 5.74) is 3.50. The van der Waals surface area contributed by atoms with Gasteiger partial charge in [-0.1, -0.05) is 60.7 Å². The molecule has 0 atom stereocenters. The molecule has 3 aromatic rings. The van der Waals surface area contributed by atoms with Crippen LogP contribution in [0.25, 0.3) is 0 Å². The van der Waals surface area contributed by atoms with Gasteiger partial charge >= 0.3 is 0 Å². The monoisotopic (exact) mass is 436 g/mol. The van der Waals surface area contributed by atoms with Gasteiger partial charge in [0.25, 0.3) is 11.8 Å². The SMILES string of the molecule is O=C(NC12CC3CC(NC(=O)c4ccccc4)(CC(C1)c1ccccc13)C2)c1ccccc1. The van der Waals surface area contributed by atoms with E-state index >= 15 is 0 Å². The van der Waals surface area contributed by atoms with Gasteiger partial charge in [0.2, 0.25) is 0 Å². The molecule has 0 saturated heterocycles. The van der Waals surface area contributed by atoms with Gasteiger partial charge in [0, 0.05) is 22.2 Å². The fourth-order valence-corrected chi connectivity index (χ4v) is 6.93. The van der Waals surface area contributed by atoms with Crippen LogP contribution in [0.1, 0.15) is 75.8 Å². The molecule has 33 heavy (non-hydrogen) atoms. The molecular formula is C29H28N2O2. The maximum absolute atomic E-state index is 13.3. The Kier molecular flexibility index (Phi) is 4.65. The van der Waals surface area contributed by atoms with Crippen LogP contribution in [-0.2, 0) is 0 Å². The summed E-state index contributed by atoms with van der Waals surface area (Å²) in [4.78, 5) is 26.5. The van der Waals surface area contributed by atoms with Crippen molar-refractivity contribution in [2.24, 2.45) is 0 Å². The van der Waals surface area contributed by atoms with Crippen molar-refractivity contribution in [1.29, 1.82) is 0 Å². The Morgan fingerprint density at radius 2 is 0.939 bits per heavy atom. The number of carbonyl (C=O) groups excluding carboxylic acids is 2. The van der Waals surface area contributed by atoms with Gasteiger partial charge in [-0.15, -0.1) is 0 Å². The van der Waals surface area contributed by atoms with E-state index < -0.39 is 0 Å². The topological polar surface area (TPSA) is 58.2 Å². The molecule has 2 N–H and O–H groups in total. The van der Waals surface area contributed by atoms with Crippen LogP contribution < -0.4 is 10.6 Å². The summed E-state index contributed by atoms with van der Waals surface area (Å²) >= 11 is 0. The number of benzene rings is 3. The van der Waals surface area contributed by atoms with Crippen molar-refractivity contribution in [2.45, 2.75) is 55.0 Å². The summed E-state index contributed by atoms with van der Waals surface area (Å²) in [5.74, 6) is 0.585. The molecule has 0 radical (unpaired) electrons. The molecule has 166 valence electrons. The fraction of sp³-hybridized carbons (Fsp3) is 0.310. The molecule has 4 aliphatic carbocycles. The zero-order chi connectivity index (χ0) is 22.5. The summed E-state index contributed by atoms with van der Waals surface area (Å²) in [6.07, 6.45) is 4.45. The van der Waals surface area contributed by atoms with E-state index in [-0.39, 0.29) is 22.9 Å². The average molecular weight is 437 g/mol. The molecule has 4 nitrogen and oxygen atoms in total. The lowest BCUT2D eigenvalue weighted by atomic mass is 9.58. The molecule has 2 amide bonds. The molecule has 4 bridgehead atoms. The second-order valence-corrected chi connectivity index (χ2v) is 10.2. The molecule has 4 heteroatoms. The number of nitrogens with one attached hydrogen (secondary N) is 2. The Hall–Kier alpha value is -3.40. The van der Waals surface area contributed by atoms with E-state index in [0.717, 1.165) is 32.1 Å². The number of hydrogen-bond acceptors (Lipinski definition) is 2. The Morgan fingerprint density at radius 3 is 1.33 bits per heavy atom. The van der Waals surface area contributed by atoms with E-state index in [4.69, 9.17) is 0 Å². The third-order valence-corrected chi connectivity index (χ3v) is 7.93. The lowest BCUT2D eigenvalue weighted by molar-refractivity contribution is 0.0420. The van der Waals surface area contributed by atoms with Gasteiger partial charge in [-0.05, 0) is 79.3 Å².